The first kappa shape index (κ1) is 14.0. The van der Waals surface area contributed by atoms with Crippen molar-refractivity contribution in [3.8, 4) is 0 Å². The van der Waals surface area contributed by atoms with E-state index >= 15 is 0 Å². The van der Waals surface area contributed by atoms with Crippen molar-refractivity contribution in [2.45, 2.75) is 18.9 Å². The minimum atomic E-state index is -0.431. The lowest BCUT2D eigenvalue weighted by molar-refractivity contribution is -0.384. The van der Waals surface area contributed by atoms with Crippen molar-refractivity contribution in [2.75, 3.05) is 5.32 Å². The lowest BCUT2D eigenvalue weighted by Gasteiger charge is -2.16. The minimum absolute atomic E-state index is 0.0261. The highest BCUT2D eigenvalue weighted by atomic mass is 79.9. The monoisotopic (exact) mass is 350 g/mol. The van der Waals surface area contributed by atoms with Crippen molar-refractivity contribution in [2.24, 2.45) is 0 Å². The van der Waals surface area contributed by atoms with Crippen LogP contribution in [0.5, 0.6) is 0 Å². The Kier molecular flexibility index (Phi) is 3.63. The van der Waals surface area contributed by atoms with E-state index in [9.17, 15) is 14.5 Å². The van der Waals surface area contributed by atoms with Crippen molar-refractivity contribution >= 4 is 27.3 Å². The molecule has 4 nitrogen and oxygen atoms in total. The summed E-state index contributed by atoms with van der Waals surface area (Å²) in [6.07, 6.45) is 1.44. The molecule has 0 fully saturated rings. The largest absolute Gasteiger partial charge is 0.377 e. The molecule has 1 aliphatic carbocycles. The molecular formula is C15H12BrFN2O2. The smallest absolute Gasteiger partial charge is 0.271 e. The SMILES string of the molecule is O=[N+]([O-])c1ccc(Br)c(NC2CCc3c(F)cccc32)c1. The van der Waals surface area contributed by atoms with E-state index < -0.39 is 4.92 Å². The maximum Gasteiger partial charge on any atom is 0.271 e. The molecule has 2 aromatic rings. The number of nitro groups is 1. The minimum Gasteiger partial charge on any atom is -0.377 e. The number of nitro benzene ring substituents is 1. The second kappa shape index (κ2) is 5.44. The maximum atomic E-state index is 13.7. The van der Waals surface area contributed by atoms with E-state index in [1.807, 2.05) is 6.07 Å². The second-order valence-electron chi connectivity index (χ2n) is 4.96. The van der Waals surface area contributed by atoms with Crippen molar-refractivity contribution in [1.29, 1.82) is 0 Å². The predicted octanol–water partition coefficient (Wildman–Crippen LogP) is 4.60. The summed E-state index contributed by atoms with van der Waals surface area (Å²) in [5.41, 5.74) is 2.33. The van der Waals surface area contributed by atoms with Crippen molar-refractivity contribution in [3.63, 3.8) is 0 Å². The number of benzene rings is 2. The molecule has 0 saturated carbocycles. The summed E-state index contributed by atoms with van der Waals surface area (Å²) >= 11 is 3.38. The summed E-state index contributed by atoms with van der Waals surface area (Å²) in [4.78, 5) is 10.4. The molecule has 1 N–H and O–H groups in total. The van der Waals surface area contributed by atoms with Crippen LogP contribution in [0.1, 0.15) is 23.6 Å². The normalized spacial score (nSPS) is 16.6. The van der Waals surface area contributed by atoms with E-state index in [0.29, 0.717) is 12.1 Å². The topological polar surface area (TPSA) is 55.2 Å². The van der Waals surface area contributed by atoms with E-state index in [4.69, 9.17) is 0 Å². The number of rotatable bonds is 3. The Morgan fingerprint density at radius 1 is 1.33 bits per heavy atom. The zero-order chi connectivity index (χ0) is 15.0. The Labute approximate surface area is 129 Å². The molecule has 0 aromatic heterocycles. The van der Waals surface area contributed by atoms with Crippen LogP contribution in [0.4, 0.5) is 15.8 Å². The van der Waals surface area contributed by atoms with Gasteiger partial charge in [-0.1, -0.05) is 12.1 Å². The molecule has 0 aliphatic heterocycles. The van der Waals surface area contributed by atoms with Crippen LogP contribution >= 0.6 is 15.9 Å². The van der Waals surface area contributed by atoms with Gasteiger partial charge in [0.15, 0.2) is 0 Å². The van der Waals surface area contributed by atoms with Gasteiger partial charge >= 0.3 is 0 Å². The molecular weight excluding hydrogens is 339 g/mol. The summed E-state index contributed by atoms with van der Waals surface area (Å²) in [5, 5.41) is 14.1. The Morgan fingerprint density at radius 2 is 2.14 bits per heavy atom. The second-order valence-corrected chi connectivity index (χ2v) is 5.82. The quantitative estimate of drug-likeness (QED) is 0.650. The van der Waals surface area contributed by atoms with E-state index in [1.165, 1.54) is 18.2 Å². The molecule has 21 heavy (non-hydrogen) atoms. The summed E-state index contributed by atoms with van der Waals surface area (Å²) in [6, 6.07) is 9.59. The van der Waals surface area contributed by atoms with Gasteiger partial charge in [-0.3, -0.25) is 10.1 Å². The number of fused-ring (bicyclic) bond motifs is 1. The number of non-ortho nitro benzene ring substituents is 1. The van der Waals surface area contributed by atoms with Gasteiger partial charge < -0.3 is 5.32 Å². The molecule has 0 bridgehead atoms. The fourth-order valence-corrected chi connectivity index (χ4v) is 3.05. The number of nitrogens with zero attached hydrogens (tertiary/aromatic N) is 1. The molecule has 0 spiro atoms. The van der Waals surface area contributed by atoms with E-state index in [0.717, 1.165) is 22.0 Å². The molecule has 0 saturated heterocycles. The Bertz CT molecular complexity index is 721. The molecule has 6 heteroatoms. The van der Waals surface area contributed by atoms with Crippen LogP contribution in [0.3, 0.4) is 0 Å². The number of hydrogen-bond acceptors (Lipinski definition) is 3. The van der Waals surface area contributed by atoms with E-state index in [-0.39, 0.29) is 17.5 Å². The number of halogens is 2. The Balaban J connectivity index is 1.91. The fraction of sp³-hybridized carbons (Fsp3) is 0.200. The van der Waals surface area contributed by atoms with E-state index in [2.05, 4.69) is 21.2 Å². The molecule has 2 aromatic carbocycles. The summed E-state index contributed by atoms with van der Waals surface area (Å²) < 4.78 is 14.5. The first-order valence-electron chi connectivity index (χ1n) is 6.54. The Hall–Kier alpha value is -1.95. The molecule has 0 heterocycles. The lowest BCUT2D eigenvalue weighted by Crippen LogP contribution is -2.08. The Morgan fingerprint density at radius 3 is 2.90 bits per heavy atom. The van der Waals surface area contributed by atoms with Crippen LogP contribution in [0.2, 0.25) is 0 Å². The number of nitrogens with one attached hydrogen (secondary N) is 1. The average molecular weight is 351 g/mol. The van der Waals surface area contributed by atoms with Crippen LogP contribution in [-0.2, 0) is 6.42 Å². The highest BCUT2D eigenvalue weighted by Gasteiger charge is 2.25. The fourth-order valence-electron chi connectivity index (χ4n) is 2.68. The van der Waals surface area contributed by atoms with Gasteiger partial charge in [-0.05, 0) is 52.0 Å². The summed E-state index contributed by atoms with van der Waals surface area (Å²) in [5.74, 6) is -0.185. The standard InChI is InChI=1S/C15H12BrFN2O2/c16-12-6-4-9(19(20)21)8-15(12)18-14-7-5-10-11(14)2-1-3-13(10)17/h1-4,6,8,14,18H,5,7H2. The van der Waals surface area contributed by atoms with Gasteiger partial charge in [0.2, 0.25) is 0 Å². The van der Waals surface area contributed by atoms with Gasteiger partial charge in [0.05, 0.1) is 16.7 Å². The van der Waals surface area contributed by atoms with Crippen LogP contribution in [0.15, 0.2) is 40.9 Å². The van der Waals surface area contributed by atoms with Gasteiger partial charge in [-0.2, -0.15) is 0 Å². The molecule has 108 valence electrons. The van der Waals surface area contributed by atoms with Gasteiger partial charge in [0, 0.05) is 16.6 Å². The van der Waals surface area contributed by atoms with Crippen molar-refractivity contribution in [1.82, 2.24) is 0 Å². The van der Waals surface area contributed by atoms with Crippen LogP contribution in [0, 0.1) is 15.9 Å². The van der Waals surface area contributed by atoms with E-state index in [1.54, 1.807) is 12.1 Å². The third-order valence-electron chi connectivity index (χ3n) is 3.70. The third-order valence-corrected chi connectivity index (χ3v) is 4.40. The van der Waals surface area contributed by atoms with Crippen LogP contribution in [-0.4, -0.2) is 4.92 Å². The highest BCUT2D eigenvalue weighted by molar-refractivity contribution is 9.10. The van der Waals surface area contributed by atoms with Gasteiger partial charge in [-0.25, -0.2) is 4.39 Å². The zero-order valence-corrected chi connectivity index (χ0v) is 12.6. The molecule has 0 amide bonds. The number of anilines is 1. The molecule has 0 radical (unpaired) electrons. The first-order valence-corrected chi connectivity index (χ1v) is 7.33. The third kappa shape index (κ3) is 2.63. The average Bonchev–Trinajstić information content (AvgIpc) is 2.86. The first-order chi connectivity index (χ1) is 10.1. The van der Waals surface area contributed by atoms with Crippen molar-refractivity contribution in [3.05, 3.63) is 67.9 Å². The summed E-state index contributed by atoms with van der Waals surface area (Å²) in [6.45, 7) is 0. The van der Waals surface area contributed by atoms with Gasteiger partial charge in [0.25, 0.3) is 5.69 Å². The summed E-state index contributed by atoms with van der Waals surface area (Å²) in [7, 11) is 0. The molecule has 3 rings (SSSR count). The van der Waals surface area contributed by atoms with Crippen LogP contribution in [0.25, 0.3) is 0 Å². The molecule has 1 atom stereocenters. The van der Waals surface area contributed by atoms with Crippen molar-refractivity contribution < 1.29 is 9.31 Å². The van der Waals surface area contributed by atoms with Crippen LogP contribution < -0.4 is 5.32 Å². The predicted molar refractivity (Wildman–Crippen MR) is 81.9 cm³/mol. The van der Waals surface area contributed by atoms with Gasteiger partial charge in [-0.15, -0.1) is 0 Å². The lowest BCUT2D eigenvalue weighted by atomic mass is 10.1. The molecule has 1 aliphatic rings. The molecule has 1 unspecified atom stereocenters. The maximum absolute atomic E-state index is 13.7. The van der Waals surface area contributed by atoms with Gasteiger partial charge in [0.1, 0.15) is 5.82 Å². The highest BCUT2D eigenvalue weighted by Crippen LogP contribution is 2.37. The zero-order valence-electron chi connectivity index (χ0n) is 11.0. The number of hydrogen-bond donors (Lipinski definition) is 1.